The van der Waals surface area contributed by atoms with Crippen molar-refractivity contribution in [2.24, 2.45) is 16.6 Å². The van der Waals surface area contributed by atoms with Gasteiger partial charge in [0.15, 0.2) is 5.96 Å². The molecular formula is C13H21IN4O. The summed E-state index contributed by atoms with van der Waals surface area (Å²) < 4.78 is 0. The van der Waals surface area contributed by atoms with E-state index in [-0.39, 0.29) is 30.5 Å². The Hall–Kier alpha value is -0.890. The molecule has 1 saturated carbocycles. The third kappa shape index (κ3) is 5.32. The van der Waals surface area contributed by atoms with Crippen molar-refractivity contribution in [1.29, 1.82) is 0 Å². The number of nitrogens with two attached hydrogens (primary N) is 1. The molecule has 1 atom stereocenters. The molecule has 5 nitrogen and oxygen atoms in total. The highest BCUT2D eigenvalue weighted by Crippen LogP contribution is 2.24. The zero-order valence-corrected chi connectivity index (χ0v) is 13.2. The van der Waals surface area contributed by atoms with Crippen LogP contribution in [0.2, 0.25) is 0 Å². The van der Waals surface area contributed by atoms with Gasteiger partial charge in [0.25, 0.3) is 0 Å². The van der Waals surface area contributed by atoms with E-state index in [0.717, 1.165) is 18.0 Å². The minimum atomic E-state index is -0.628. The number of aromatic nitrogens is 1. The van der Waals surface area contributed by atoms with Crippen LogP contribution in [0.3, 0.4) is 0 Å². The van der Waals surface area contributed by atoms with Crippen molar-refractivity contribution in [1.82, 2.24) is 10.3 Å². The first-order valence-corrected chi connectivity index (χ1v) is 6.37. The lowest BCUT2D eigenvalue weighted by Gasteiger charge is -2.25. The van der Waals surface area contributed by atoms with Crippen molar-refractivity contribution in [2.75, 3.05) is 13.1 Å². The lowest BCUT2D eigenvalue weighted by atomic mass is 9.85. The highest BCUT2D eigenvalue weighted by Gasteiger charge is 2.16. The predicted octanol–water partition coefficient (Wildman–Crippen LogP) is 1.44. The van der Waals surface area contributed by atoms with E-state index >= 15 is 0 Å². The Morgan fingerprint density at radius 3 is 2.74 bits per heavy atom. The molecule has 0 radical (unpaired) electrons. The maximum Gasteiger partial charge on any atom is 0.188 e. The van der Waals surface area contributed by atoms with Crippen LogP contribution in [0.15, 0.2) is 29.5 Å². The van der Waals surface area contributed by atoms with Gasteiger partial charge in [-0.25, -0.2) is 0 Å². The Morgan fingerprint density at radius 2 is 2.16 bits per heavy atom. The second kappa shape index (κ2) is 8.31. The Bertz CT molecular complexity index is 395. The van der Waals surface area contributed by atoms with Crippen LogP contribution in [0.25, 0.3) is 0 Å². The van der Waals surface area contributed by atoms with Crippen LogP contribution in [0.5, 0.6) is 0 Å². The van der Waals surface area contributed by atoms with Crippen molar-refractivity contribution >= 4 is 29.9 Å². The van der Waals surface area contributed by atoms with Crippen LogP contribution in [0.4, 0.5) is 0 Å². The van der Waals surface area contributed by atoms with Gasteiger partial charge >= 0.3 is 0 Å². The summed E-state index contributed by atoms with van der Waals surface area (Å²) in [6, 6.07) is 3.55. The summed E-state index contributed by atoms with van der Waals surface area (Å²) in [6.45, 7) is 1.16. The van der Waals surface area contributed by atoms with Gasteiger partial charge in [0.2, 0.25) is 0 Å². The molecule has 1 aliphatic rings. The Labute approximate surface area is 130 Å². The molecule has 0 spiro atoms. The normalized spacial score (nSPS) is 17.2. The smallest absolute Gasteiger partial charge is 0.188 e. The minimum absolute atomic E-state index is 0. The molecule has 1 aliphatic carbocycles. The molecule has 0 amide bonds. The minimum Gasteiger partial charge on any atom is -0.386 e. The average molecular weight is 376 g/mol. The molecule has 1 fully saturated rings. The summed E-state index contributed by atoms with van der Waals surface area (Å²) in [5, 5.41) is 13.0. The third-order valence-electron chi connectivity index (χ3n) is 3.32. The van der Waals surface area contributed by atoms with Crippen LogP contribution in [0.1, 0.15) is 30.9 Å². The van der Waals surface area contributed by atoms with Gasteiger partial charge in [-0.3, -0.25) is 9.98 Å². The van der Waals surface area contributed by atoms with E-state index in [1.807, 2.05) is 0 Å². The van der Waals surface area contributed by atoms with Gasteiger partial charge < -0.3 is 16.2 Å². The number of aliphatic hydroxyl groups is 1. The second-order valence-electron chi connectivity index (χ2n) is 4.70. The monoisotopic (exact) mass is 376 g/mol. The van der Waals surface area contributed by atoms with Gasteiger partial charge in [0, 0.05) is 18.9 Å². The molecule has 0 saturated heterocycles. The number of rotatable bonds is 5. The summed E-state index contributed by atoms with van der Waals surface area (Å²) >= 11 is 0. The maximum atomic E-state index is 9.89. The van der Waals surface area contributed by atoms with E-state index in [2.05, 4.69) is 15.3 Å². The highest BCUT2D eigenvalue weighted by atomic mass is 127. The molecule has 0 aliphatic heterocycles. The Balaban J connectivity index is 0.00000180. The number of aliphatic hydroxyl groups excluding tert-OH is 1. The summed E-state index contributed by atoms with van der Waals surface area (Å²) in [4.78, 5) is 8.05. The first-order chi connectivity index (χ1) is 8.75. The average Bonchev–Trinajstić information content (AvgIpc) is 2.35. The van der Waals surface area contributed by atoms with E-state index in [4.69, 9.17) is 5.73 Å². The number of hydrogen-bond donors (Lipinski definition) is 3. The Kier molecular flexibility index (Phi) is 7.07. The van der Waals surface area contributed by atoms with Crippen LogP contribution < -0.4 is 11.1 Å². The van der Waals surface area contributed by atoms with Crippen molar-refractivity contribution in [3.05, 3.63) is 30.1 Å². The van der Waals surface area contributed by atoms with Crippen molar-refractivity contribution in [3.63, 3.8) is 0 Å². The number of aliphatic imine (C=N–C) groups is 1. The molecule has 1 aromatic heterocycles. The van der Waals surface area contributed by atoms with Crippen LogP contribution in [-0.4, -0.2) is 29.1 Å². The predicted molar refractivity (Wildman–Crippen MR) is 86.4 cm³/mol. The topological polar surface area (TPSA) is 83.5 Å². The number of halogens is 1. The highest BCUT2D eigenvalue weighted by molar-refractivity contribution is 14.0. The summed E-state index contributed by atoms with van der Waals surface area (Å²) in [7, 11) is 0. The summed E-state index contributed by atoms with van der Waals surface area (Å²) in [5.74, 6) is 1.15. The molecule has 2 rings (SSSR count). The molecule has 0 aromatic carbocycles. The molecule has 1 aromatic rings. The zero-order chi connectivity index (χ0) is 12.8. The number of guanidine groups is 1. The number of hydrogen-bond acceptors (Lipinski definition) is 3. The summed E-state index contributed by atoms with van der Waals surface area (Å²) in [6.07, 6.45) is 6.56. The quantitative estimate of drug-likeness (QED) is 0.413. The molecule has 1 heterocycles. The standard InChI is InChI=1S/C13H20N4O.HI/c14-13(16-8-10-2-1-3-10)17-9-12(18)11-4-6-15-7-5-11;/h4-7,10,12,18H,1-3,8-9H2,(H3,14,16,17);1H. The van der Waals surface area contributed by atoms with Crippen LogP contribution >= 0.6 is 24.0 Å². The zero-order valence-electron chi connectivity index (χ0n) is 10.8. The van der Waals surface area contributed by atoms with Crippen molar-refractivity contribution in [3.8, 4) is 0 Å². The first kappa shape index (κ1) is 16.2. The lowest BCUT2D eigenvalue weighted by Crippen LogP contribution is -2.37. The fourth-order valence-corrected chi connectivity index (χ4v) is 1.88. The van der Waals surface area contributed by atoms with Gasteiger partial charge in [0.05, 0.1) is 12.6 Å². The SMILES string of the molecule is I.NC(=NCC(O)c1ccncc1)NCC1CCC1. The Morgan fingerprint density at radius 1 is 1.47 bits per heavy atom. The molecule has 19 heavy (non-hydrogen) atoms. The summed E-state index contributed by atoms with van der Waals surface area (Å²) in [5.41, 5.74) is 6.55. The second-order valence-corrected chi connectivity index (χ2v) is 4.70. The number of pyridine rings is 1. The van der Waals surface area contributed by atoms with E-state index < -0.39 is 6.10 Å². The van der Waals surface area contributed by atoms with Gasteiger partial charge in [-0.1, -0.05) is 6.42 Å². The lowest BCUT2D eigenvalue weighted by molar-refractivity contribution is 0.187. The van der Waals surface area contributed by atoms with E-state index in [1.54, 1.807) is 24.5 Å². The molecular weight excluding hydrogens is 355 g/mol. The molecule has 0 bridgehead atoms. The molecule has 4 N–H and O–H groups in total. The van der Waals surface area contributed by atoms with Gasteiger partial charge in [-0.05, 0) is 36.5 Å². The maximum absolute atomic E-state index is 9.89. The molecule has 1 unspecified atom stereocenters. The fraction of sp³-hybridized carbons (Fsp3) is 0.538. The first-order valence-electron chi connectivity index (χ1n) is 6.37. The number of nitrogens with one attached hydrogen (secondary N) is 1. The van der Waals surface area contributed by atoms with Crippen molar-refractivity contribution < 1.29 is 5.11 Å². The molecule has 6 heteroatoms. The van der Waals surface area contributed by atoms with Crippen LogP contribution in [0, 0.1) is 5.92 Å². The molecule has 106 valence electrons. The fourth-order valence-electron chi connectivity index (χ4n) is 1.88. The van der Waals surface area contributed by atoms with E-state index in [0.29, 0.717) is 5.96 Å². The van der Waals surface area contributed by atoms with Gasteiger partial charge in [0.1, 0.15) is 0 Å². The van der Waals surface area contributed by atoms with E-state index in [9.17, 15) is 5.11 Å². The van der Waals surface area contributed by atoms with Gasteiger partial charge in [-0.2, -0.15) is 0 Å². The van der Waals surface area contributed by atoms with Crippen molar-refractivity contribution in [2.45, 2.75) is 25.4 Å². The van der Waals surface area contributed by atoms with Crippen LogP contribution in [-0.2, 0) is 0 Å². The number of nitrogens with zero attached hydrogens (tertiary/aromatic N) is 2. The third-order valence-corrected chi connectivity index (χ3v) is 3.32. The van der Waals surface area contributed by atoms with Gasteiger partial charge in [-0.15, -0.1) is 24.0 Å². The largest absolute Gasteiger partial charge is 0.386 e. The van der Waals surface area contributed by atoms with E-state index in [1.165, 1.54) is 19.3 Å².